The molecule has 1 aliphatic rings. The van der Waals surface area contributed by atoms with Crippen molar-refractivity contribution < 1.29 is 26.8 Å². The zero-order valence-corrected chi connectivity index (χ0v) is 18.8. The minimum Gasteiger partial charge on any atom is -0.345 e. The van der Waals surface area contributed by atoms with Crippen LogP contribution in [0.4, 0.5) is 14.5 Å². The Hall–Kier alpha value is -3.14. The highest BCUT2D eigenvalue weighted by atomic mass is 32.2. The van der Waals surface area contributed by atoms with Crippen LogP contribution in [0.2, 0.25) is 0 Å². The maximum Gasteiger partial charge on any atom is 0.232 e. The number of aromatic amines is 1. The van der Waals surface area contributed by atoms with Crippen LogP contribution in [0.5, 0.6) is 0 Å². The monoisotopic (exact) mass is 475 g/mol. The van der Waals surface area contributed by atoms with E-state index in [4.69, 9.17) is 0 Å². The number of H-pyrrole nitrogens is 1. The quantitative estimate of drug-likeness (QED) is 0.446. The van der Waals surface area contributed by atoms with Gasteiger partial charge in [-0.25, -0.2) is 22.2 Å². The van der Waals surface area contributed by atoms with E-state index in [1.165, 1.54) is 6.20 Å². The van der Waals surface area contributed by atoms with Gasteiger partial charge in [-0.1, -0.05) is 13.3 Å². The first-order chi connectivity index (χ1) is 15.7. The first-order valence-corrected chi connectivity index (χ1v) is 12.4. The van der Waals surface area contributed by atoms with Crippen molar-refractivity contribution in [2.24, 2.45) is 5.92 Å². The fourth-order valence-electron chi connectivity index (χ4n) is 3.89. The number of halogens is 2. The number of carbonyl (C=O) groups is 2. The summed E-state index contributed by atoms with van der Waals surface area (Å²) in [6.45, 7) is 1.65. The van der Waals surface area contributed by atoms with Gasteiger partial charge in [-0.3, -0.25) is 14.3 Å². The Morgan fingerprint density at radius 1 is 1.24 bits per heavy atom. The maximum absolute atomic E-state index is 14.9. The molecule has 0 bridgehead atoms. The second-order valence-corrected chi connectivity index (χ2v) is 10.1. The number of nitrogens with zero attached hydrogens (tertiary/aromatic N) is 1. The van der Waals surface area contributed by atoms with E-state index in [1.54, 1.807) is 19.2 Å². The Labute approximate surface area is 189 Å². The van der Waals surface area contributed by atoms with Gasteiger partial charge in [-0.05, 0) is 43.0 Å². The van der Waals surface area contributed by atoms with Crippen LogP contribution in [0.25, 0.3) is 11.0 Å². The lowest BCUT2D eigenvalue weighted by atomic mass is 9.80. The average molecular weight is 476 g/mol. The zero-order chi connectivity index (χ0) is 23.8. The van der Waals surface area contributed by atoms with Gasteiger partial charge in [0.15, 0.2) is 17.4 Å². The fraction of sp³-hybridized carbons (Fsp3) is 0.348. The summed E-state index contributed by atoms with van der Waals surface area (Å²) in [6.07, 6.45) is 5.63. The number of benzene rings is 1. The number of pyridine rings is 1. The molecule has 174 valence electrons. The normalized spacial score (nSPS) is 14.3. The number of anilines is 1. The summed E-state index contributed by atoms with van der Waals surface area (Å²) in [7, 11) is -3.83. The smallest absolute Gasteiger partial charge is 0.232 e. The molecule has 2 N–H and O–H groups in total. The van der Waals surface area contributed by atoms with Crippen molar-refractivity contribution in [2.75, 3.05) is 10.5 Å². The molecule has 1 aliphatic carbocycles. The van der Waals surface area contributed by atoms with E-state index in [0.717, 1.165) is 31.4 Å². The van der Waals surface area contributed by atoms with E-state index in [-0.39, 0.29) is 23.9 Å². The molecule has 0 saturated heterocycles. The average Bonchev–Trinajstić information content (AvgIpc) is 3.12. The van der Waals surface area contributed by atoms with Gasteiger partial charge < -0.3 is 4.98 Å². The van der Waals surface area contributed by atoms with Gasteiger partial charge in [0.1, 0.15) is 11.5 Å². The third kappa shape index (κ3) is 4.66. The zero-order valence-electron chi connectivity index (χ0n) is 18.0. The molecular weight excluding hydrogens is 452 g/mol. The summed E-state index contributed by atoms with van der Waals surface area (Å²) >= 11 is 0. The molecule has 1 saturated carbocycles. The second-order valence-electron chi connectivity index (χ2n) is 8.24. The third-order valence-corrected chi connectivity index (χ3v) is 7.28. The highest BCUT2D eigenvalue weighted by Crippen LogP contribution is 2.32. The van der Waals surface area contributed by atoms with Gasteiger partial charge in [-0.15, -0.1) is 0 Å². The first kappa shape index (κ1) is 23.0. The minimum absolute atomic E-state index is 0.0157. The number of hydrogen-bond donors (Lipinski definition) is 2. The molecule has 2 heterocycles. The van der Waals surface area contributed by atoms with Gasteiger partial charge >= 0.3 is 0 Å². The molecule has 0 unspecified atom stereocenters. The van der Waals surface area contributed by atoms with Gasteiger partial charge in [0.25, 0.3) is 0 Å². The Kier molecular flexibility index (Phi) is 6.29. The Balaban J connectivity index is 1.61. The number of carbonyl (C=O) groups excluding carboxylic acids is 2. The predicted molar refractivity (Wildman–Crippen MR) is 120 cm³/mol. The van der Waals surface area contributed by atoms with Crippen LogP contribution in [0.3, 0.4) is 0 Å². The molecule has 10 heteroatoms. The van der Waals surface area contributed by atoms with Gasteiger partial charge in [0, 0.05) is 35.7 Å². The third-order valence-electron chi connectivity index (χ3n) is 5.80. The molecule has 7 nitrogen and oxygen atoms in total. The van der Waals surface area contributed by atoms with Crippen LogP contribution < -0.4 is 4.72 Å². The van der Waals surface area contributed by atoms with Crippen molar-refractivity contribution in [3.05, 3.63) is 58.9 Å². The van der Waals surface area contributed by atoms with E-state index in [0.29, 0.717) is 28.6 Å². The molecule has 33 heavy (non-hydrogen) atoms. The standard InChI is InChI=1S/C23H23F2N3O4S/c1-2-8-33(31,32)28-18-7-6-17(24)20(21(18)25)19(29)10-13-9-15-16(12-27-23(15)26-11-13)22(30)14-4-3-5-14/h6-7,9,11-12,14,28H,2-5,8,10H2,1H3,(H,26,27). The molecule has 0 radical (unpaired) electrons. The van der Waals surface area contributed by atoms with Crippen molar-refractivity contribution in [2.45, 2.75) is 39.0 Å². The first-order valence-electron chi connectivity index (χ1n) is 10.7. The molecule has 0 spiro atoms. The molecule has 0 aliphatic heterocycles. The predicted octanol–water partition coefficient (Wildman–Crippen LogP) is 4.40. The van der Waals surface area contributed by atoms with Gasteiger partial charge in [-0.2, -0.15) is 0 Å². The van der Waals surface area contributed by atoms with Crippen molar-refractivity contribution in [1.29, 1.82) is 0 Å². The van der Waals surface area contributed by atoms with Crippen LogP contribution in [0.15, 0.2) is 30.6 Å². The summed E-state index contributed by atoms with van der Waals surface area (Å²) < 4.78 is 55.3. The second kappa shape index (κ2) is 9.01. The minimum atomic E-state index is -3.83. The van der Waals surface area contributed by atoms with E-state index < -0.39 is 38.7 Å². The Morgan fingerprint density at radius 3 is 2.67 bits per heavy atom. The topological polar surface area (TPSA) is 109 Å². The number of nitrogens with one attached hydrogen (secondary N) is 2. The lowest BCUT2D eigenvalue weighted by Gasteiger charge is -2.23. The van der Waals surface area contributed by atoms with Gasteiger partial charge in [0.2, 0.25) is 10.0 Å². The number of sulfonamides is 1. The Bertz CT molecular complexity index is 1350. The number of fused-ring (bicyclic) bond motifs is 1. The van der Waals surface area contributed by atoms with Crippen molar-refractivity contribution in [3.8, 4) is 0 Å². The molecule has 3 aromatic rings. The lowest BCUT2D eigenvalue weighted by Crippen LogP contribution is -2.21. The van der Waals surface area contributed by atoms with E-state index in [2.05, 4.69) is 14.7 Å². The number of ketones is 2. The number of hydrogen-bond acceptors (Lipinski definition) is 5. The number of Topliss-reactive ketones (excluding diaryl/α,β-unsaturated/α-hetero) is 2. The largest absolute Gasteiger partial charge is 0.345 e. The fourth-order valence-corrected chi connectivity index (χ4v) is 5.02. The van der Waals surface area contributed by atoms with E-state index in [9.17, 15) is 26.8 Å². The molecule has 4 rings (SSSR count). The number of rotatable bonds is 9. The van der Waals surface area contributed by atoms with Crippen molar-refractivity contribution in [3.63, 3.8) is 0 Å². The molecule has 1 aromatic carbocycles. The van der Waals surface area contributed by atoms with Crippen LogP contribution >= 0.6 is 0 Å². The highest BCUT2D eigenvalue weighted by molar-refractivity contribution is 7.92. The SMILES string of the molecule is CCCS(=O)(=O)Nc1ccc(F)c(C(=O)Cc2cnc3[nH]cc(C(=O)C4CCC4)c3c2)c1F. The Morgan fingerprint density at radius 2 is 2.00 bits per heavy atom. The highest BCUT2D eigenvalue weighted by Gasteiger charge is 2.28. The molecule has 0 atom stereocenters. The molecule has 0 amide bonds. The lowest BCUT2D eigenvalue weighted by molar-refractivity contribution is 0.0856. The summed E-state index contributed by atoms with van der Waals surface area (Å²) in [5.74, 6) is -3.47. The summed E-state index contributed by atoms with van der Waals surface area (Å²) in [5, 5.41) is 0.555. The van der Waals surface area contributed by atoms with Gasteiger partial charge in [0.05, 0.1) is 17.0 Å². The summed E-state index contributed by atoms with van der Waals surface area (Å²) in [6, 6.07) is 3.41. The van der Waals surface area contributed by atoms with Crippen molar-refractivity contribution in [1.82, 2.24) is 9.97 Å². The van der Waals surface area contributed by atoms with Crippen molar-refractivity contribution >= 4 is 38.3 Å². The van der Waals surface area contributed by atoms with Crippen LogP contribution in [-0.4, -0.2) is 35.7 Å². The number of aromatic nitrogens is 2. The summed E-state index contributed by atoms with van der Waals surface area (Å²) in [4.78, 5) is 32.6. The summed E-state index contributed by atoms with van der Waals surface area (Å²) in [5.41, 5.74) is 0.0395. The molecule has 2 aromatic heterocycles. The van der Waals surface area contributed by atoms with E-state index >= 15 is 0 Å². The van der Waals surface area contributed by atoms with Crippen LogP contribution in [-0.2, 0) is 16.4 Å². The van der Waals surface area contributed by atoms with E-state index in [1.807, 2.05) is 0 Å². The molecular formula is C23H23F2N3O4S. The maximum atomic E-state index is 14.9. The molecule has 1 fully saturated rings. The van der Waals surface area contributed by atoms with Crippen LogP contribution in [0, 0.1) is 17.6 Å². The van der Waals surface area contributed by atoms with Crippen LogP contribution in [0.1, 0.15) is 58.9 Å².